The van der Waals surface area contributed by atoms with E-state index in [0.717, 1.165) is 0 Å². The van der Waals surface area contributed by atoms with E-state index >= 15 is 0 Å². The van der Waals surface area contributed by atoms with E-state index in [4.69, 9.17) is 0 Å². The Bertz CT molecular complexity index is 209. The number of halogens is 1. The van der Waals surface area contributed by atoms with Gasteiger partial charge < -0.3 is 0 Å². The van der Waals surface area contributed by atoms with Gasteiger partial charge in [-0.1, -0.05) is 5.92 Å². The number of hydrogen-bond donors (Lipinski definition) is 1. The van der Waals surface area contributed by atoms with Gasteiger partial charge in [0.2, 0.25) is 10.0 Å². The van der Waals surface area contributed by atoms with Crippen molar-refractivity contribution in [1.82, 2.24) is 0 Å². The molecular weight excluding hydrogens is 241 g/mol. The summed E-state index contributed by atoms with van der Waals surface area (Å²) >= 11 is 1.75. The lowest BCUT2D eigenvalue weighted by molar-refractivity contribution is 0.601. The third kappa shape index (κ3) is 6.20. The predicted molar refractivity (Wildman–Crippen MR) is 39.8 cm³/mol. The molecule has 2 N–H and O–H groups in total. The summed E-state index contributed by atoms with van der Waals surface area (Å²) in [7, 11) is -3.36. The minimum Gasteiger partial charge on any atom is -0.228 e. The van der Waals surface area contributed by atoms with E-state index in [1.165, 1.54) is 0 Å². The van der Waals surface area contributed by atoms with Crippen molar-refractivity contribution in [3.8, 4) is 9.85 Å². The van der Waals surface area contributed by atoms with Crippen LogP contribution in [0.15, 0.2) is 0 Å². The van der Waals surface area contributed by atoms with E-state index in [2.05, 4.69) is 15.0 Å². The van der Waals surface area contributed by atoms with Gasteiger partial charge in [-0.25, -0.2) is 13.6 Å². The molecule has 0 heterocycles. The number of sulfonamides is 1. The molecule has 0 aliphatic carbocycles. The van der Waals surface area contributed by atoms with Crippen LogP contribution in [-0.4, -0.2) is 14.2 Å². The summed E-state index contributed by atoms with van der Waals surface area (Å²) in [6.45, 7) is 0. The molecule has 0 unspecified atom stereocenters. The SMILES string of the molecule is NS(=O)(=O)CC#CI. The van der Waals surface area contributed by atoms with Crippen molar-refractivity contribution < 1.29 is 8.42 Å². The first-order valence-electron chi connectivity index (χ1n) is 1.65. The number of primary sulfonamides is 1. The van der Waals surface area contributed by atoms with E-state index in [1.54, 1.807) is 22.6 Å². The highest BCUT2D eigenvalue weighted by Crippen LogP contribution is 1.75. The van der Waals surface area contributed by atoms with Crippen LogP contribution in [-0.2, 0) is 10.0 Å². The van der Waals surface area contributed by atoms with Gasteiger partial charge in [-0.2, -0.15) is 0 Å². The smallest absolute Gasteiger partial charge is 0.220 e. The average Bonchev–Trinajstić information content (AvgIpc) is 1.59. The first-order valence-corrected chi connectivity index (χ1v) is 4.44. The maximum absolute atomic E-state index is 10.1. The van der Waals surface area contributed by atoms with Crippen molar-refractivity contribution in [3.63, 3.8) is 0 Å². The minimum absolute atomic E-state index is 0.254. The van der Waals surface area contributed by atoms with E-state index in [9.17, 15) is 8.42 Å². The van der Waals surface area contributed by atoms with Crippen LogP contribution in [0.5, 0.6) is 0 Å². The second-order valence-corrected chi connectivity index (χ2v) is 3.23. The van der Waals surface area contributed by atoms with Crippen LogP contribution in [0.25, 0.3) is 0 Å². The minimum atomic E-state index is -3.36. The first-order chi connectivity index (χ1) is 3.56. The van der Waals surface area contributed by atoms with Crippen molar-refractivity contribution >= 4 is 32.6 Å². The van der Waals surface area contributed by atoms with Gasteiger partial charge in [-0.15, -0.1) is 0 Å². The van der Waals surface area contributed by atoms with E-state index < -0.39 is 10.0 Å². The largest absolute Gasteiger partial charge is 0.228 e. The third-order valence-electron chi connectivity index (χ3n) is 0.340. The fourth-order valence-corrected chi connectivity index (χ4v) is 0.851. The van der Waals surface area contributed by atoms with Crippen LogP contribution >= 0.6 is 22.6 Å². The van der Waals surface area contributed by atoms with Crippen LogP contribution in [0, 0.1) is 9.85 Å². The summed E-state index contributed by atoms with van der Waals surface area (Å²) in [5, 5.41) is 4.59. The molecule has 0 amide bonds. The Balaban J connectivity index is 3.89. The summed E-state index contributed by atoms with van der Waals surface area (Å²) < 4.78 is 22.5. The molecule has 0 saturated heterocycles. The number of rotatable bonds is 1. The summed E-state index contributed by atoms with van der Waals surface area (Å²) in [5.41, 5.74) is 0. The van der Waals surface area contributed by atoms with Gasteiger partial charge >= 0.3 is 0 Å². The van der Waals surface area contributed by atoms with Crippen molar-refractivity contribution in [3.05, 3.63) is 0 Å². The van der Waals surface area contributed by atoms with Gasteiger partial charge in [-0.3, -0.25) is 0 Å². The molecule has 0 bridgehead atoms. The summed E-state index contributed by atoms with van der Waals surface area (Å²) in [6.07, 6.45) is 0. The normalized spacial score (nSPS) is 9.75. The van der Waals surface area contributed by atoms with Gasteiger partial charge in [0.05, 0.1) is 0 Å². The predicted octanol–water partition coefficient (Wildman–Crippen LogP) is -0.329. The third-order valence-corrected chi connectivity index (χ3v) is 1.27. The summed E-state index contributed by atoms with van der Waals surface area (Å²) in [4.78, 5) is 0. The Labute approximate surface area is 61.8 Å². The van der Waals surface area contributed by atoms with Gasteiger partial charge in [0.15, 0.2) is 0 Å². The second kappa shape index (κ2) is 3.27. The Morgan fingerprint density at radius 1 is 1.62 bits per heavy atom. The van der Waals surface area contributed by atoms with Crippen molar-refractivity contribution in [2.24, 2.45) is 5.14 Å². The zero-order chi connectivity index (χ0) is 6.62. The van der Waals surface area contributed by atoms with Gasteiger partial charge in [0.1, 0.15) is 5.75 Å². The Morgan fingerprint density at radius 3 is 2.25 bits per heavy atom. The maximum Gasteiger partial charge on any atom is 0.220 e. The van der Waals surface area contributed by atoms with Crippen molar-refractivity contribution in [1.29, 1.82) is 0 Å². The Morgan fingerprint density at radius 2 is 2.12 bits per heavy atom. The van der Waals surface area contributed by atoms with Gasteiger partial charge in [-0.05, 0) is 3.93 Å². The van der Waals surface area contributed by atoms with E-state index in [1.807, 2.05) is 0 Å². The molecule has 3 nitrogen and oxygen atoms in total. The molecule has 0 saturated carbocycles. The molecular formula is C3H4INO2S. The van der Waals surface area contributed by atoms with Crippen LogP contribution in [0.3, 0.4) is 0 Å². The summed E-state index contributed by atoms with van der Waals surface area (Å²) in [5.74, 6) is 2.06. The number of nitrogens with two attached hydrogens (primary N) is 1. The zero-order valence-corrected chi connectivity index (χ0v) is 6.86. The van der Waals surface area contributed by atoms with Gasteiger partial charge in [0, 0.05) is 22.6 Å². The van der Waals surface area contributed by atoms with Crippen LogP contribution in [0.2, 0.25) is 0 Å². The lowest BCUT2D eigenvalue weighted by Crippen LogP contribution is -2.14. The molecule has 0 fully saturated rings. The quantitative estimate of drug-likeness (QED) is 0.508. The molecule has 0 spiro atoms. The highest BCUT2D eigenvalue weighted by Gasteiger charge is 1.94. The molecule has 46 valence electrons. The van der Waals surface area contributed by atoms with Crippen LogP contribution in [0.1, 0.15) is 0 Å². The van der Waals surface area contributed by atoms with Crippen molar-refractivity contribution in [2.45, 2.75) is 0 Å². The monoisotopic (exact) mass is 245 g/mol. The van der Waals surface area contributed by atoms with Gasteiger partial charge in [0.25, 0.3) is 0 Å². The molecule has 0 atom stereocenters. The highest BCUT2D eigenvalue weighted by molar-refractivity contribution is 14.1. The molecule has 0 aliphatic heterocycles. The molecule has 0 aromatic rings. The molecule has 8 heavy (non-hydrogen) atoms. The average molecular weight is 245 g/mol. The maximum atomic E-state index is 10.1. The topological polar surface area (TPSA) is 60.2 Å². The molecule has 0 aliphatic rings. The van der Waals surface area contributed by atoms with Crippen LogP contribution in [0.4, 0.5) is 0 Å². The summed E-state index contributed by atoms with van der Waals surface area (Å²) in [6, 6.07) is 0. The van der Waals surface area contributed by atoms with E-state index in [0.29, 0.717) is 0 Å². The first kappa shape index (κ1) is 8.20. The lowest BCUT2D eigenvalue weighted by atomic mass is 10.8. The fraction of sp³-hybridized carbons (Fsp3) is 0.333. The van der Waals surface area contributed by atoms with Crippen molar-refractivity contribution in [2.75, 3.05) is 5.75 Å². The van der Waals surface area contributed by atoms with Crippen LogP contribution < -0.4 is 5.14 Å². The number of hydrogen-bond acceptors (Lipinski definition) is 2. The molecule has 0 radical (unpaired) electrons. The molecule has 0 aromatic carbocycles. The van der Waals surface area contributed by atoms with E-state index in [-0.39, 0.29) is 5.75 Å². The molecule has 0 aromatic heterocycles. The Kier molecular flexibility index (Phi) is 3.35. The molecule has 0 rings (SSSR count). The standard InChI is InChI=1S/C3H4INO2S/c4-2-1-3-8(5,6)7/h3H2,(H2,5,6,7). The Hall–Kier alpha value is 0.200. The molecule has 5 heteroatoms. The highest BCUT2D eigenvalue weighted by atomic mass is 127. The lowest BCUT2D eigenvalue weighted by Gasteiger charge is -1.82. The second-order valence-electron chi connectivity index (χ2n) is 1.08. The zero-order valence-electron chi connectivity index (χ0n) is 3.89. The fourth-order valence-electron chi connectivity index (χ4n) is 0.128.